The number of benzene rings is 1. The molecule has 8 heteroatoms. The maximum Gasteiger partial charge on any atom is 0.349 e. The van der Waals surface area contributed by atoms with Crippen LogP contribution < -0.4 is 10.5 Å². The van der Waals surface area contributed by atoms with E-state index in [0.29, 0.717) is 10.8 Å². The summed E-state index contributed by atoms with van der Waals surface area (Å²) in [4.78, 5) is 17.7. The molecule has 7 nitrogen and oxygen atoms in total. The third-order valence-corrected chi connectivity index (χ3v) is 2.79. The van der Waals surface area contributed by atoms with Crippen molar-refractivity contribution in [1.29, 1.82) is 0 Å². The van der Waals surface area contributed by atoms with Gasteiger partial charge in [0.05, 0.1) is 4.92 Å². The van der Waals surface area contributed by atoms with Gasteiger partial charge in [0.25, 0.3) is 0 Å². The molecule has 1 heterocycles. The Hall–Kier alpha value is -2.41. The molecule has 1 aromatic carbocycles. The Morgan fingerprint density at radius 1 is 1.35 bits per heavy atom. The predicted molar refractivity (Wildman–Crippen MR) is 74.1 cm³/mol. The highest BCUT2D eigenvalue weighted by atomic mass is 35.5. The Labute approximate surface area is 119 Å². The normalized spacial score (nSPS) is 10.3. The molecule has 1 aromatic heterocycles. The van der Waals surface area contributed by atoms with Crippen LogP contribution in [0.1, 0.15) is 11.1 Å². The van der Waals surface area contributed by atoms with E-state index in [1.165, 1.54) is 0 Å². The number of nitro groups is 1. The summed E-state index contributed by atoms with van der Waals surface area (Å²) in [5.41, 5.74) is 6.56. The van der Waals surface area contributed by atoms with Gasteiger partial charge in [0, 0.05) is 5.02 Å². The van der Waals surface area contributed by atoms with Gasteiger partial charge < -0.3 is 10.5 Å². The van der Waals surface area contributed by atoms with Gasteiger partial charge >= 0.3 is 11.6 Å². The van der Waals surface area contributed by atoms with Crippen LogP contribution in [0.5, 0.6) is 11.6 Å². The average Bonchev–Trinajstić information content (AvgIpc) is 2.33. The first-order valence-corrected chi connectivity index (χ1v) is 5.98. The van der Waals surface area contributed by atoms with Crippen LogP contribution in [0.25, 0.3) is 0 Å². The van der Waals surface area contributed by atoms with Crippen LogP contribution in [-0.2, 0) is 0 Å². The van der Waals surface area contributed by atoms with Crippen LogP contribution in [0, 0.1) is 24.0 Å². The molecule has 0 radical (unpaired) electrons. The summed E-state index contributed by atoms with van der Waals surface area (Å²) in [6.45, 7) is 3.56. The monoisotopic (exact) mass is 294 g/mol. The lowest BCUT2D eigenvalue weighted by atomic mass is 10.1. The number of halogens is 1. The van der Waals surface area contributed by atoms with E-state index in [4.69, 9.17) is 22.1 Å². The van der Waals surface area contributed by atoms with Crippen LogP contribution in [0.2, 0.25) is 5.02 Å². The number of aryl methyl sites for hydroxylation is 2. The number of anilines is 1. The number of ether oxygens (including phenoxy) is 1. The minimum atomic E-state index is -0.630. The van der Waals surface area contributed by atoms with E-state index in [0.717, 1.165) is 17.3 Å². The summed E-state index contributed by atoms with van der Waals surface area (Å²) in [6, 6.07) is 3.39. The minimum absolute atomic E-state index is 0.102. The zero-order chi connectivity index (χ0) is 14.9. The lowest BCUT2D eigenvalue weighted by Gasteiger charge is -2.11. The molecule has 20 heavy (non-hydrogen) atoms. The SMILES string of the molecule is Cc1cc(Cl)cc(C)c1Oc1nc(N)ncc1[N+](=O)[O-]. The van der Waals surface area contributed by atoms with Gasteiger partial charge in [-0.2, -0.15) is 4.98 Å². The van der Waals surface area contributed by atoms with Gasteiger partial charge in [0.15, 0.2) is 0 Å². The van der Waals surface area contributed by atoms with Crippen molar-refractivity contribution < 1.29 is 9.66 Å². The predicted octanol–water partition coefficient (Wildman–Crippen LogP) is 3.03. The average molecular weight is 295 g/mol. The molecule has 2 rings (SSSR count). The molecule has 0 spiro atoms. The van der Waals surface area contributed by atoms with E-state index in [1.54, 1.807) is 26.0 Å². The van der Waals surface area contributed by atoms with Crippen molar-refractivity contribution in [2.75, 3.05) is 5.73 Å². The van der Waals surface area contributed by atoms with Gasteiger partial charge in [-0.25, -0.2) is 4.98 Å². The first-order valence-electron chi connectivity index (χ1n) is 5.60. The summed E-state index contributed by atoms with van der Waals surface area (Å²) in [5.74, 6) is 0.154. The number of nitrogen functional groups attached to an aromatic ring is 1. The van der Waals surface area contributed by atoms with E-state index in [1.807, 2.05) is 0 Å². The number of nitrogens with zero attached hydrogens (tertiary/aromatic N) is 3. The molecule has 2 N–H and O–H groups in total. The molecule has 0 amide bonds. The molecule has 0 bridgehead atoms. The fourth-order valence-electron chi connectivity index (χ4n) is 1.73. The highest BCUT2D eigenvalue weighted by Crippen LogP contribution is 2.34. The van der Waals surface area contributed by atoms with Gasteiger partial charge in [-0.1, -0.05) is 11.6 Å². The lowest BCUT2D eigenvalue weighted by Crippen LogP contribution is -2.02. The first-order chi connectivity index (χ1) is 9.38. The van der Waals surface area contributed by atoms with Crippen LogP contribution in [-0.4, -0.2) is 14.9 Å². The number of rotatable bonds is 3. The molecule has 0 aliphatic heterocycles. The van der Waals surface area contributed by atoms with Gasteiger partial charge in [-0.05, 0) is 37.1 Å². The molecule has 0 fully saturated rings. The van der Waals surface area contributed by atoms with Crippen molar-refractivity contribution >= 4 is 23.2 Å². The summed E-state index contributed by atoms with van der Waals surface area (Å²) in [5, 5.41) is 11.5. The maximum absolute atomic E-state index is 10.9. The first kappa shape index (κ1) is 14.0. The molecule has 104 valence electrons. The minimum Gasteiger partial charge on any atom is -0.433 e. The van der Waals surface area contributed by atoms with Crippen molar-refractivity contribution in [3.63, 3.8) is 0 Å². The zero-order valence-electron chi connectivity index (χ0n) is 10.8. The third-order valence-electron chi connectivity index (χ3n) is 2.57. The Kier molecular flexibility index (Phi) is 3.71. The molecule has 2 aromatic rings. The largest absolute Gasteiger partial charge is 0.433 e. The smallest absolute Gasteiger partial charge is 0.349 e. The molecule has 0 aliphatic rings. The lowest BCUT2D eigenvalue weighted by molar-refractivity contribution is -0.386. The molecular weight excluding hydrogens is 284 g/mol. The summed E-state index contributed by atoms with van der Waals surface area (Å²) in [6.07, 6.45) is 1.01. The zero-order valence-corrected chi connectivity index (χ0v) is 11.5. The van der Waals surface area contributed by atoms with Crippen LogP contribution in [0.4, 0.5) is 11.6 Å². The Bertz CT molecular complexity index is 667. The van der Waals surface area contributed by atoms with Crippen molar-refractivity contribution in [1.82, 2.24) is 9.97 Å². The van der Waals surface area contributed by atoms with Gasteiger partial charge in [0.1, 0.15) is 11.9 Å². The summed E-state index contributed by atoms with van der Waals surface area (Å²) >= 11 is 5.92. The molecular formula is C12H11ClN4O3. The van der Waals surface area contributed by atoms with E-state index in [-0.39, 0.29) is 17.5 Å². The molecule has 0 aliphatic carbocycles. The Morgan fingerprint density at radius 3 is 2.50 bits per heavy atom. The van der Waals surface area contributed by atoms with Crippen LogP contribution >= 0.6 is 11.6 Å². The topological polar surface area (TPSA) is 104 Å². The van der Waals surface area contributed by atoms with E-state index < -0.39 is 4.92 Å². The van der Waals surface area contributed by atoms with Gasteiger partial charge in [-0.15, -0.1) is 0 Å². The number of hydrogen-bond acceptors (Lipinski definition) is 6. The second-order valence-electron chi connectivity index (χ2n) is 4.15. The van der Waals surface area contributed by atoms with Crippen molar-refractivity contribution in [2.24, 2.45) is 0 Å². The number of aromatic nitrogens is 2. The maximum atomic E-state index is 10.9. The third kappa shape index (κ3) is 2.77. The highest BCUT2D eigenvalue weighted by molar-refractivity contribution is 6.30. The molecule has 0 unspecified atom stereocenters. The van der Waals surface area contributed by atoms with Crippen LogP contribution in [0.15, 0.2) is 18.3 Å². The van der Waals surface area contributed by atoms with Gasteiger partial charge in [0.2, 0.25) is 5.95 Å². The fraction of sp³-hybridized carbons (Fsp3) is 0.167. The molecule has 0 saturated carbocycles. The quantitative estimate of drug-likeness (QED) is 0.689. The summed E-state index contributed by atoms with van der Waals surface area (Å²) < 4.78 is 5.54. The second-order valence-corrected chi connectivity index (χ2v) is 4.58. The van der Waals surface area contributed by atoms with Crippen LogP contribution in [0.3, 0.4) is 0 Å². The second kappa shape index (κ2) is 5.30. The van der Waals surface area contributed by atoms with E-state index in [2.05, 4.69) is 9.97 Å². The number of nitrogens with two attached hydrogens (primary N) is 1. The number of hydrogen-bond donors (Lipinski definition) is 1. The Morgan fingerprint density at radius 2 is 1.95 bits per heavy atom. The van der Waals surface area contributed by atoms with Crippen molar-refractivity contribution in [2.45, 2.75) is 13.8 Å². The van der Waals surface area contributed by atoms with E-state index >= 15 is 0 Å². The standard InChI is InChI=1S/C12H11ClN4O3/c1-6-3-8(13)4-7(2)10(6)20-11-9(17(18)19)5-15-12(14)16-11/h3-5H,1-2H3,(H2,14,15,16). The van der Waals surface area contributed by atoms with Gasteiger partial charge in [-0.3, -0.25) is 10.1 Å². The van der Waals surface area contributed by atoms with E-state index in [9.17, 15) is 10.1 Å². The van der Waals surface area contributed by atoms with Crippen molar-refractivity contribution in [3.8, 4) is 11.6 Å². The Balaban J connectivity index is 2.50. The molecule has 0 atom stereocenters. The molecule has 0 saturated heterocycles. The fourth-order valence-corrected chi connectivity index (χ4v) is 2.06. The summed E-state index contributed by atoms with van der Waals surface area (Å²) in [7, 11) is 0. The highest BCUT2D eigenvalue weighted by Gasteiger charge is 2.20. The van der Waals surface area contributed by atoms with Crippen molar-refractivity contribution in [3.05, 3.63) is 44.6 Å².